The van der Waals surface area contributed by atoms with E-state index in [1.807, 2.05) is 6.07 Å². The highest BCUT2D eigenvalue weighted by Gasteiger charge is 2.15. The summed E-state index contributed by atoms with van der Waals surface area (Å²) < 4.78 is 18.7. The molecule has 0 atom stereocenters. The summed E-state index contributed by atoms with van der Waals surface area (Å²) in [5.74, 6) is 0.237. The van der Waals surface area contributed by atoms with Crippen LogP contribution in [0.25, 0.3) is 22.6 Å². The van der Waals surface area contributed by atoms with Crippen molar-refractivity contribution in [3.63, 3.8) is 0 Å². The molecule has 0 aliphatic heterocycles. The van der Waals surface area contributed by atoms with Crippen LogP contribution >= 0.6 is 0 Å². The van der Waals surface area contributed by atoms with Crippen molar-refractivity contribution in [3.05, 3.63) is 60.1 Å². The van der Waals surface area contributed by atoms with E-state index in [-0.39, 0.29) is 17.2 Å². The van der Waals surface area contributed by atoms with Crippen molar-refractivity contribution in [2.45, 2.75) is 0 Å². The van der Waals surface area contributed by atoms with Crippen molar-refractivity contribution >= 4 is 5.82 Å². The van der Waals surface area contributed by atoms with E-state index in [0.29, 0.717) is 22.6 Å². The highest BCUT2D eigenvalue weighted by molar-refractivity contribution is 5.77. The average Bonchev–Trinajstić information content (AvgIpc) is 3.00. The summed E-state index contributed by atoms with van der Waals surface area (Å²) in [5.41, 5.74) is 7.69. The van der Waals surface area contributed by atoms with Gasteiger partial charge in [0.05, 0.1) is 12.0 Å². The van der Waals surface area contributed by atoms with Gasteiger partial charge in [-0.25, -0.2) is 9.37 Å². The van der Waals surface area contributed by atoms with Gasteiger partial charge in [-0.2, -0.15) is 5.26 Å². The maximum Gasteiger partial charge on any atom is 0.142 e. The summed E-state index contributed by atoms with van der Waals surface area (Å²) in [5, 5.41) is 9.23. The molecule has 4 nitrogen and oxygen atoms in total. The first kappa shape index (κ1) is 12.9. The van der Waals surface area contributed by atoms with E-state index in [1.165, 1.54) is 18.4 Å². The van der Waals surface area contributed by atoms with E-state index in [0.717, 1.165) is 0 Å². The van der Waals surface area contributed by atoms with Crippen LogP contribution in [0.3, 0.4) is 0 Å². The zero-order valence-electron chi connectivity index (χ0n) is 10.9. The molecule has 1 aromatic carbocycles. The van der Waals surface area contributed by atoms with Crippen molar-refractivity contribution < 1.29 is 8.81 Å². The Bertz CT molecular complexity index is 835. The molecule has 2 heterocycles. The molecule has 3 aromatic rings. The number of pyridine rings is 1. The maximum atomic E-state index is 13.3. The lowest BCUT2D eigenvalue weighted by molar-refractivity contribution is 0.582. The van der Waals surface area contributed by atoms with Gasteiger partial charge in [-0.05, 0) is 30.3 Å². The number of hydrogen-bond acceptors (Lipinski definition) is 4. The summed E-state index contributed by atoms with van der Waals surface area (Å²) in [7, 11) is 0. The third kappa shape index (κ3) is 2.35. The number of rotatable bonds is 2. The summed E-state index contributed by atoms with van der Waals surface area (Å²) in [6.07, 6.45) is 1.51. The molecular formula is C16H10FN3O. The predicted octanol–water partition coefficient (Wildman–Crippen LogP) is 3.60. The second-order valence-corrected chi connectivity index (χ2v) is 4.41. The molecule has 0 unspecified atom stereocenters. The zero-order valence-corrected chi connectivity index (χ0v) is 10.9. The Balaban J connectivity index is 2.23. The fraction of sp³-hybridized carbons (Fsp3) is 0. The van der Waals surface area contributed by atoms with Crippen molar-refractivity contribution in [1.29, 1.82) is 5.26 Å². The van der Waals surface area contributed by atoms with E-state index < -0.39 is 0 Å². The molecule has 2 N–H and O–H groups in total. The molecule has 0 spiro atoms. The van der Waals surface area contributed by atoms with Crippen molar-refractivity contribution in [2.24, 2.45) is 0 Å². The number of nitrogen functional groups attached to an aromatic ring is 1. The number of hydrogen-bond donors (Lipinski definition) is 1. The van der Waals surface area contributed by atoms with Crippen molar-refractivity contribution in [3.8, 4) is 28.7 Å². The smallest absolute Gasteiger partial charge is 0.142 e. The summed E-state index contributed by atoms with van der Waals surface area (Å²) in [4.78, 5) is 4.17. The first-order valence-electron chi connectivity index (χ1n) is 6.19. The third-order valence-electron chi connectivity index (χ3n) is 3.07. The maximum absolute atomic E-state index is 13.3. The van der Waals surface area contributed by atoms with Crippen LogP contribution in [0, 0.1) is 17.1 Å². The lowest BCUT2D eigenvalue weighted by Gasteiger charge is -2.08. The Morgan fingerprint density at radius 2 is 2.05 bits per heavy atom. The number of benzene rings is 1. The Hall–Kier alpha value is -3.13. The molecule has 2 aromatic heterocycles. The molecule has 0 fully saturated rings. The largest absolute Gasteiger partial charge is 0.464 e. The minimum absolute atomic E-state index is 0.0886. The molecular weight excluding hydrogens is 269 g/mol. The molecule has 0 amide bonds. The lowest BCUT2D eigenvalue weighted by Crippen LogP contribution is -1.99. The van der Waals surface area contributed by atoms with Crippen LogP contribution in [0.5, 0.6) is 0 Å². The third-order valence-corrected chi connectivity index (χ3v) is 3.07. The highest BCUT2D eigenvalue weighted by atomic mass is 19.1. The van der Waals surface area contributed by atoms with Gasteiger partial charge in [-0.1, -0.05) is 12.1 Å². The van der Waals surface area contributed by atoms with Gasteiger partial charge < -0.3 is 10.2 Å². The topological polar surface area (TPSA) is 75.8 Å². The second kappa shape index (κ2) is 5.10. The zero-order chi connectivity index (χ0) is 14.8. The van der Waals surface area contributed by atoms with Gasteiger partial charge in [0.25, 0.3) is 0 Å². The monoisotopic (exact) mass is 279 g/mol. The fourth-order valence-electron chi connectivity index (χ4n) is 2.10. The quantitative estimate of drug-likeness (QED) is 0.777. The average molecular weight is 279 g/mol. The molecule has 0 aliphatic rings. The standard InChI is InChI=1S/C16H10FN3O/c17-11-4-1-3-10(7-11)14-8-12(15-5-2-6-21-15)13(9-18)16(19)20-14/h1-8H,(H2,19,20). The van der Waals surface area contributed by atoms with E-state index in [2.05, 4.69) is 4.98 Å². The van der Waals surface area contributed by atoms with Crippen LogP contribution in [-0.2, 0) is 0 Å². The molecule has 5 heteroatoms. The van der Waals surface area contributed by atoms with Crippen LogP contribution in [0.4, 0.5) is 10.2 Å². The molecule has 3 rings (SSSR count). The van der Waals surface area contributed by atoms with Crippen LogP contribution < -0.4 is 5.73 Å². The van der Waals surface area contributed by atoms with Crippen molar-refractivity contribution in [1.82, 2.24) is 4.98 Å². The van der Waals surface area contributed by atoms with Gasteiger partial charge in [-0.3, -0.25) is 0 Å². The van der Waals surface area contributed by atoms with Gasteiger partial charge in [0.15, 0.2) is 0 Å². The second-order valence-electron chi connectivity index (χ2n) is 4.41. The van der Waals surface area contributed by atoms with Gasteiger partial charge in [-0.15, -0.1) is 0 Å². The number of nitrogens with zero attached hydrogens (tertiary/aromatic N) is 2. The van der Waals surface area contributed by atoms with E-state index in [4.69, 9.17) is 10.2 Å². The Labute approximate surface area is 120 Å². The fourth-order valence-corrected chi connectivity index (χ4v) is 2.10. The predicted molar refractivity (Wildman–Crippen MR) is 76.5 cm³/mol. The number of nitriles is 1. The van der Waals surface area contributed by atoms with E-state index in [1.54, 1.807) is 30.3 Å². The Kier molecular flexibility index (Phi) is 3.13. The number of aromatic nitrogens is 1. The van der Waals surface area contributed by atoms with Crippen LogP contribution in [-0.4, -0.2) is 4.98 Å². The summed E-state index contributed by atoms with van der Waals surface area (Å²) in [6, 6.07) is 13.2. The molecule has 0 radical (unpaired) electrons. The van der Waals surface area contributed by atoms with Crippen LogP contribution in [0.1, 0.15) is 5.56 Å². The number of halogens is 1. The normalized spacial score (nSPS) is 10.3. The Morgan fingerprint density at radius 1 is 1.19 bits per heavy atom. The molecule has 0 saturated carbocycles. The molecule has 0 saturated heterocycles. The lowest BCUT2D eigenvalue weighted by atomic mass is 10.0. The Morgan fingerprint density at radius 3 is 2.71 bits per heavy atom. The minimum Gasteiger partial charge on any atom is -0.464 e. The van der Waals surface area contributed by atoms with E-state index in [9.17, 15) is 9.65 Å². The number of nitrogens with two attached hydrogens (primary N) is 1. The van der Waals surface area contributed by atoms with Gasteiger partial charge >= 0.3 is 0 Å². The van der Waals surface area contributed by atoms with Gasteiger partial charge in [0.1, 0.15) is 29.0 Å². The summed E-state index contributed by atoms with van der Waals surface area (Å²) in [6.45, 7) is 0. The van der Waals surface area contributed by atoms with Gasteiger partial charge in [0, 0.05) is 11.1 Å². The minimum atomic E-state index is -0.364. The highest BCUT2D eigenvalue weighted by Crippen LogP contribution is 2.31. The molecule has 21 heavy (non-hydrogen) atoms. The number of anilines is 1. The first-order valence-corrected chi connectivity index (χ1v) is 6.19. The number of furan rings is 1. The SMILES string of the molecule is N#Cc1c(-c2ccco2)cc(-c2cccc(F)c2)nc1N. The molecule has 0 aliphatic carbocycles. The molecule has 0 bridgehead atoms. The van der Waals surface area contributed by atoms with Crippen LogP contribution in [0.2, 0.25) is 0 Å². The summed E-state index contributed by atoms with van der Waals surface area (Å²) >= 11 is 0. The van der Waals surface area contributed by atoms with Crippen LogP contribution in [0.15, 0.2) is 53.1 Å². The van der Waals surface area contributed by atoms with E-state index >= 15 is 0 Å². The molecule has 102 valence electrons. The van der Waals surface area contributed by atoms with Crippen molar-refractivity contribution in [2.75, 3.05) is 5.73 Å². The first-order chi connectivity index (χ1) is 10.2. The van der Waals surface area contributed by atoms with Gasteiger partial charge in [0.2, 0.25) is 0 Å².